The monoisotopic (exact) mass is 264 g/mol. The summed E-state index contributed by atoms with van der Waals surface area (Å²) >= 11 is 0. The zero-order chi connectivity index (χ0) is 13.9. The van der Waals surface area contributed by atoms with E-state index in [1.54, 1.807) is 4.68 Å². The van der Waals surface area contributed by atoms with Crippen LogP contribution in [0.4, 0.5) is 0 Å². The molecule has 0 radical (unpaired) electrons. The standard InChI is InChI=1S/C14H24N4O/c1-3-18-12(9-11(2)17-18)13(19)16-14(10-15)7-5-4-6-8-14/h9H,3-8,10,15H2,1-2H3,(H,16,19). The van der Waals surface area contributed by atoms with E-state index in [1.165, 1.54) is 6.42 Å². The Morgan fingerprint density at radius 3 is 2.74 bits per heavy atom. The molecule has 0 saturated heterocycles. The fourth-order valence-corrected chi connectivity index (χ4v) is 2.88. The van der Waals surface area contributed by atoms with Crippen molar-refractivity contribution in [1.29, 1.82) is 0 Å². The molecule has 2 rings (SSSR count). The Bertz CT molecular complexity index is 446. The number of hydrogen-bond acceptors (Lipinski definition) is 3. The third-order valence-corrected chi connectivity index (χ3v) is 4.01. The van der Waals surface area contributed by atoms with Gasteiger partial charge in [0.25, 0.3) is 5.91 Å². The molecular weight excluding hydrogens is 240 g/mol. The summed E-state index contributed by atoms with van der Waals surface area (Å²) < 4.78 is 1.75. The van der Waals surface area contributed by atoms with Gasteiger partial charge in [0.2, 0.25) is 0 Å². The van der Waals surface area contributed by atoms with Crippen molar-refractivity contribution in [3.63, 3.8) is 0 Å². The summed E-state index contributed by atoms with van der Waals surface area (Å²) in [4.78, 5) is 12.4. The number of nitrogens with one attached hydrogen (secondary N) is 1. The lowest BCUT2D eigenvalue weighted by Gasteiger charge is -2.37. The maximum atomic E-state index is 12.4. The van der Waals surface area contributed by atoms with Crippen LogP contribution in [0.2, 0.25) is 0 Å². The summed E-state index contributed by atoms with van der Waals surface area (Å²) in [5, 5.41) is 7.48. The second kappa shape index (κ2) is 5.74. The second-order valence-electron chi connectivity index (χ2n) is 5.49. The summed E-state index contributed by atoms with van der Waals surface area (Å²) in [6.07, 6.45) is 5.49. The minimum Gasteiger partial charge on any atom is -0.344 e. The van der Waals surface area contributed by atoms with Gasteiger partial charge < -0.3 is 11.1 Å². The number of hydrogen-bond donors (Lipinski definition) is 2. The van der Waals surface area contributed by atoms with Crippen LogP contribution >= 0.6 is 0 Å². The van der Waals surface area contributed by atoms with Crippen LogP contribution in [0.25, 0.3) is 0 Å². The number of carbonyl (C=O) groups excluding carboxylic acids is 1. The van der Waals surface area contributed by atoms with Crippen LogP contribution in [0.5, 0.6) is 0 Å². The third-order valence-electron chi connectivity index (χ3n) is 4.01. The first-order valence-electron chi connectivity index (χ1n) is 7.17. The zero-order valence-corrected chi connectivity index (χ0v) is 11.9. The highest BCUT2D eigenvalue weighted by atomic mass is 16.2. The molecule has 1 aromatic heterocycles. The van der Waals surface area contributed by atoms with Gasteiger partial charge in [0.05, 0.1) is 11.2 Å². The van der Waals surface area contributed by atoms with Crippen molar-refractivity contribution in [1.82, 2.24) is 15.1 Å². The molecule has 0 spiro atoms. The Morgan fingerprint density at radius 2 is 2.16 bits per heavy atom. The van der Waals surface area contributed by atoms with Crippen LogP contribution in [0, 0.1) is 6.92 Å². The van der Waals surface area contributed by atoms with E-state index in [1.807, 2.05) is 19.9 Å². The number of nitrogens with two attached hydrogens (primary N) is 1. The van der Waals surface area contributed by atoms with Gasteiger partial charge in [-0.25, -0.2) is 0 Å². The molecule has 5 heteroatoms. The SMILES string of the molecule is CCn1nc(C)cc1C(=O)NC1(CN)CCCCC1. The van der Waals surface area contributed by atoms with E-state index in [4.69, 9.17) is 5.73 Å². The number of aryl methyl sites for hydroxylation is 2. The minimum absolute atomic E-state index is 0.0465. The fraction of sp³-hybridized carbons (Fsp3) is 0.714. The smallest absolute Gasteiger partial charge is 0.270 e. The van der Waals surface area contributed by atoms with E-state index in [0.717, 1.165) is 31.4 Å². The highest BCUT2D eigenvalue weighted by molar-refractivity contribution is 5.93. The molecule has 19 heavy (non-hydrogen) atoms. The summed E-state index contributed by atoms with van der Waals surface area (Å²) in [5.74, 6) is -0.0465. The van der Waals surface area contributed by atoms with Gasteiger partial charge in [-0.3, -0.25) is 9.48 Å². The molecule has 1 saturated carbocycles. The van der Waals surface area contributed by atoms with Crippen molar-refractivity contribution in [3.05, 3.63) is 17.5 Å². The Morgan fingerprint density at radius 1 is 1.47 bits per heavy atom. The van der Waals surface area contributed by atoms with E-state index in [9.17, 15) is 4.79 Å². The highest BCUT2D eigenvalue weighted by Gasteiger charge is 2.33. The molecule has 1 amide bonds. The molecule has 0 aliphatic heterocycles. The van der Waals surface area contributed by atoms with E-state index >= 15 is 0 Å². The molecule has 1 aliphatic rings. The first kappa shape index (κ1) is 14.1. The van der Waals surface area contributed by atoms with Crippen molar-refractivity contribution >= 4 is 5.91 Å². The zero-order valence-electron chi connectivity index (χ0n) is 11.9. The van der Waals surface area contributed by atoms with Crippen LogP contribution in [0.15, 0.2) is 6.07 Å². The second-order valence-corrected chi connectivity index (χ2v) is 5.49. The topological polar surface area (TPSA) is 72.9 Å². The van der Waals surface area contributed by atoms with Gasteiger partial charge in [-0.05, 0) is 32.8 Å². The summed E-state index contributed by atoms with van der Waals surface area (Å²) in [6.45, 7) is 5.11. The third kappa shape index (κ3) is 2.97. The van der Waals surface area contributed by atoms with Gasteiger partial charge in [0.1, 0.15) is 5.69 Å². The van der Waals surface area contributed by atoms with Crippen LogP contribution in [0.3, 0.4) is 0 Å². The molecule has 3 N–H and O–H groups in total. The molecule has 0 bridgehead atoms. The Labute approximate surface area is 114 Å². The van der Waals surface area contributed by atoms with Crippen molar-refractivity contribution in [2.75, 3.05) is 6.54 Å². The van der Waals surface area contributed by atoms with Gasteiger partial charge >= 0.3 is 0 Å². The lowest BCUT2D eigenvalue weighted by atomic mass is 9.81. The first-order chi connectivity index (χ1) is 9.10. The maximum Gasteiger partial charge on any atom is 0.270 e. The Kier molecular flexibility index (Phi) is 4.24. The van der Waals surface area contributed by atoms with Gasteiger partial charge in [-0.15, -0.1) is 0 Å². The van der Waals surface area contributed by atoms with Crippen LogP contribution in [0.1, 0.15) is 55.2 Å². The number of aromatic nitrogens is 2. The van der Waals surface area contributed by atoms with Crippen molar-refractivity contribution in [2.24, 2.45) is 5.73 Å². The largest absolute Gasteiger partial charge is 0.344 e. The van der Waals surface area contributed by atoms with Gasteiger partial charge in [-0.2, -0.15) is 5.10 Å². The molecule has 1 fully saturated rings. The molecule has 1 aliphatic carbocycles. The van der Waals surface area contributed by atoms with E-state index in [2.05, 4.69) is 10.4 Å². The quantitative estimate of drug-likeness (QED) is 0.867. The molecule has 106 valence electrons. The van der Waals surface area contributed by atoms with Crippen molar-refractivity contribution in [2.45, 2.75) is 58.0 Å². The number of amides is 1. The van der Waals surface area contributed by atoms with E-state index in [0.29, 0.717) is 18.8 Å². The average molecular weight is 264 g/mol. The summed E-state index contributed by atoms with van der Waals surface area (Å²) in [5.41, 5.74) is 7.20. The van der Waals surface area contributed by atoms with Gasteiger partial charge in [-0.1, -0.05) is 19.3 Å². The minimum atomic E-state index is -0.216. The molecule has 1 aromatic rings. The van der Waals surface area contributed by atoms with Gasteiger partial charge in [0, 0.05) is 13.1 Å². The van der Waals surface area contributed by atoms with Crippen molar-refractivity contribution in [3.8, 4) is 0 Å². The van der Waals surface area contributed by atoms with Crippen molar-refractivity contribution < 1.29 is 4.79 Å². The predicted molar refractivity (Wildman–Crippen MR) is 75.0 cm³/mol. The first-order valence-corrected chi connectivity index (χ1v) is 7.17. The maximum absolute atomic E-state index is 12.4. The average Bonchev–Trinajstić information content (AvgIpc) is 2.81. The normalized spacial score (nSPS) is 18.3. The number of carbonyl (C=O) groups is 1. The summed E-state index contributed by atoms with van der Waals surface area (Å²) in [6, 6.07) is 1.84. The lowest BCUT2D eigenvalue weighted by molar-refractivity contribution is 0.0863. The van der Waals surface area contributed by atoms with E-state index in [-0.39, 0.29) is 11.4 Å². The summed E-state index contributed by atoms with van der Waals surface area (Å²) in [7, 11) is 0. The number of nitrogens with zero attached hydrogens (tertiary/aromatic N) is 2. The van der Waals surface area contributed by atoms with Crippen LogP contribution < -0.4 is 11.1 Å². The molecule has 0 atom stereocenters. The molecule has 5 nitrogen and oxygen atoms in total. The molecular formula is C14H24N4O. The fourth-order valence-electron chi connectivity index (χ4n) is 2.88. The predicted octanol–water partition coefficient (Wildman–Crippen LogP) is 1.60. The van der Waals surface area contributed by atoms with Gasteiger partial charge in [0.15, 0.2) is 0 Å². The number of rotatable bonds is 4. The van der Waals surface area contributed by atoms with E-state index < -0.39 is 0 Å². The Hall–Kier alpha value is -1.36. The Balaban J connectivity index is 2.14. The lowest BCUT2D eigenvalue weighted by Crippen LogP contribution is -2.55. The molecule has 0 unspecified atom stereocenters. The molecule has 0 aromatic carbocycles. The molecule has 1 heterocycles. The van der Waals surface area contributed by atoms with Crippen LogP contribution in [-0.4, -0.2) is 27.8 Å². The van der Waals surface area contributed by atoms with Crippen LogP contribution in [-0.2, 0) is 6.54 Å². The highest BCUT2D eigenvalue weighted by Crippen LogP contribution is 2.27.